The molecule has 0 saturated heterocycles. The number of hydrogen-bond acceptors (Lipinski definition) is 4. The summed E-state index contributed by atoms with van der Waals surface area (Å²) in [5.74, 6) is 0.0656. The van der Waals surface area contributed by atoms with Gasteiger partial charge < -0.3 is 14.5 Å². The fraction of sp³-hybridized carbons (Fsp3) is 0.0769. The van der Waals surface area contributed by atoms with E-state index in [1.807, 2.05) is 6.07 Å². The summed E-state index contributed by atoms with van der Waals surface area (Å²) >= 11 is 0. The van der Waals surface area contributed by atoms with Crippen molar-refractivity contribution in [2.75, 3.05) is 12.4 Å². The van der Waals surface area contributed by atoms with Crippen LogP contribution in [0.2, 0.25) is 0 Å². The van der Waals surface area contributed by atoms with E-state index < -0.39 is 5.97 Å². The van der Waals surface area contributed by atoms with Gasteiger partial charge in [0.2, 0.25) is 12.2 Å². The highest BCUT2D eigenvalue weighted by Gasteiger charge is 2.13. The Hall–Kier alpha value is -2.56. The van der Waals surface area contributed by atoms with Crippen LogP contribution in [-0.4, -0.2) is 19.5 Å². The van der Waals surface area contributed by atoms with Crippen molar-refractivity contribution in [3.63, 3.8) is 0 Å². The molecule has 0 aliphatic rings. The summed E-state index contributed by atoms with van der Waals surface area (Å²) in [6, 6.07) is 10.3. The third-order valence-corrected chi connectivity index (χ3v) is 2.40. The molecule has 0 fully saturated rings. The molecule has 5 nitrogen and oxygen atoms in total. The topological polar surface area (TPSA) is 68.5 Å². The van der Waals surface area contributed by atoms with Crippen molar-refractivity contribution in [2.24, 2.45) is 0 Å². The molecule has 2 rings (SSSR count). The van der Waals surface area contributed by atoms with Crippen LogP contribution in [0.25, 0.3) is 11.3 Å². The third kappa shape index (κ3) is 2.24. The number of hydrogen-bond donors (Lipinski definition) is 1. The van der Waals surface area contributed by atoms with Crippen LogP contribution in [0.1, 0.15) is 10.6 Å². The number of ether oxygens (including phenoxy) is 1. The third-order valence-electron chi connectivity index (χ3n) is 2.40. The molecular weight excluding hydrogens is 234 g/mol. The van der Waals surface area contributed by atoms with Gasteiger partial charge in [-0.25, -0.2) is 4.79 Å². The molecule has 1 N–H and O–H groups in total. The smallest absolute Gasteiger partial charge is 0.373 e. The second-order valence-electron chi connectivity index (χ2n) is 3.46. The van der Waals surface area contributed by atoms with Gasteiger partial charge in [-0.05, 0) is 24.3 Å². The largest absolute Gasteiger partial charge is 0.463 e. The first-order chi connectivity index (χ1) is 8.76. The van der Waals surface area contributed by atoms with Crippen LogP contribution in [0.5, 0.6) is 0 Å². The average molecular weight is 245 g/mol. The maximum absolute atomic E-state index is 11.3. The molecule has 1 aromatic carbocycles. The molecule has 1 amide bonds. The van der Waals surface area contributed by atoms with Crippen molar-refractivity contribution >= 4 is 18.1 Å². The highest BCUT2D eigenvalue weighted by molar-refractivity contribution is 5.88. The van der Waals surface area contributed by atoms with E-state index in [1.54, 1.807) is 24.3 Å². The summed E-state index contributed by atoms with van der Waals surface area (Å²) in [5, 5.41) is 2.57. The summed E-state index contributed by atoms with van der Waals surface area (Å²) < 4.78 is 9.94. The molecule has 92 valence electrons. The van der Waals surface area contributed by atoms with Gasteiger partial charge in [-0.1, -0.05) is 12.1 Å². The number of benzene rings is 1. The predicted octanol–water partition coefficient (Wildman–Crippen LogP) is 2.30. The maximum atomic E-state index is 11.3. The van der Waals surface area contributed by atoms with Crippen LogP contribution < -0.4 is 5.32 Å². The van der Waals surface area contributed by atoms with E-state index >= 15 is 0 Å². The summed E-state index contributed by atoms with van der Waals surface area (Å²) in [7, 11) is 1.28. The predicted molar refractivity (Wildman–Crippen MR) is 65.2 cm³/mol. The highest BCUT2D eigenvalue weighted by atomic mass is 16.5. The van der Waals surface area contributed by atoms with E-state index in [0.717, 1.165) is 0 Å². The molecule has 0 atom stereocenters. The van der Waals surface area contributed by atoms with Crippen LogP contribution in [-0.2, 0) is 9.53 Å². The van der Waals surface area contributed by atoms with Gasteiger partial charge in [0.1, 0.15) is 5.76 Å². The minimum absolute atomic E-state index is 0.119. The van der Waals surface area contributed by atoms with Gasteiger partial charge >= 0.3 is 5.97 Å². The molecule has 0 aliphatic carbocycles. The van der Waals surface area contributed by atoms with Crippen molar-refractivity contribution in [2.45, 2.75) is 0 Å². The SMILES string of the molecule is COC(=O)c1ccc(-c2ccccc2NC=O)o1. The molecular formula is C13H11NO4. The number of para-hydroxylation sites is 1. The Morgan fingerprint density at radius 2 is 2.06 bits per heavy atom. The molecule has 0 bridgehead atoms. The highest BCUT2D eigenvalue weighted by Crippen LogP contribution is 2.29. The van der Waals surface area contributed by atoms with Crippen LogP contribution in [0.3, 0.4) is 0 Å². The summed E-state index contributed by atoms with van der Waals surface area (Å²) in [4.78, 5) is 21.8. The summed E-state index contributed by atoms with van der Waals surface area (Å²) in [5.41, 5.74) is 1.30. The number of methoxy groups -OCH3 is 1. The van der Waals surface area contributed by atoms with Crippen LogP contribution >= 0.6 is 0 Å². The second kappa shape index (κ2) is 5.18. The van der Waals surface area contributed by atoms with Crippen LogP contribution in [0, 0.1) is 0 Å². The Morgan fingerprint density at radius 3 is 2.78 bits per heavy atom. The normalized spacial score (nSPS) is 9.83. The number of esters is 1. The van der Waals surface area contributed by atoms with Crippen LogP contribution in [0.15, 0.2) is 40.8 Å². The lowest BCUT2D eigenvalue weighted by molar-refractivity contribution is -0.105. The van der Waals surface area contributed by atoms with Gasteiger partial charge in [0.05, 0.1) is 12.8 Å². The first kappa shape index (κ1) is 11.9. The summed E-state index contributed by atoms with van der Waals surface area (Å²) in [6.07, 6.45) is 0.586. The number of amides is 1. The van der Waals surface area contributed by atoms with Gasteiger partial charge in [0.15, 0.2) is 0 Å². The van der Waals surface area contributed by atoms with E-state index in [0.29, 0.717) is 23.4 Å². The molecule has 1 heterocycles. The lowest BCUT2D eigenvalue weighted by Crippen LogP contribution is -1.98. The summed E-state index contributed by atoms with van der Waals surface area (Å²) in [6.45, 7) is 0. The Labute approximate surface area is 103 Å². The minimum Gasteiger partial charge on any atom is -0.463 e. The quantitative estimate of drug-likeness (QED) is 0.662. The number of nitrogens with one attached hydrogen (secondary N) is 1. The molecule has 18 heavy (non-hydrogen) atoms. The second-order valence-corrected chi connectivity index (χ2v) is 3.46. The molecule has 0 unspecified atom stereocenters. The van der Waals surface area contributed by atoms with E-state index in [4.69, 9.17) is 4.42 Å². The fourth-order valence-corrected chi connectivity index (χ4v) is 1.58. The number of carbonyl (C=O) groups excluding carboxylic acids is 2. The van der Waals surface area contributed by atoms with E-state index in [1.165, 1.54) is 13.2 Å². The molecule has 0 aliphatic heterocycles. The zero-order valence-electron chi connectivity index (χ0n) is 9.67. The Balaban J connectivity index is 2.39. The Kier molecular flexibility index (Phi) is 3.43. The zero-order valence-corrected chi connectivity index (χ0v) is 9.67. The molecule has 0 spiro atoms. The van der Waals surface area contributed by atoms with Crippen molar-refractivity contribution in [3.05, 3.63) is 42.2 Å². The van der Waals surface area contributed by atoms with Crippen molar-refractivity contribution in [1.29, 1.82) is 0 Å². The van der Waals surface area contributed by atoms with Gasteiger partial charge in [0, 0.05) is 5.56 Å². The number of carbonyl (C=O) groups is 2. The molecule has 0 radical (unpaired) electrons. The Bertz CT molecular complexity index is 574. The van der Waals surface area contributed by atoms with Gasteiger partial charge in [0.25, 0.3) is 0 Å². The van der Waals surface area contributed by atoms with E-state index in [-0.39, 0.29) is 5.76 Å². The monoisotopic (exact) mass is 245 g/mol. The Morgan fingerprint density at radius 1 is 1.28 bits per heavy atom. The molecule has 2 aromatic rings. The number of furan rings is 1. The molecule has 5 heteroatoms. The fourth-order valence-electron chi connectivity index (χ4n) is 1.58. The first-order valence-corrected chi connectivity index (χ1v) is 5.24. The number of rotatable bonds is 4. The minimum atomic E-state index is -0.540. The van der Waals surface area contributed by atoms with Gasteiger partial charge in [-0.15, -0.1) is 0 Å². The molecule has 0 saturated carbocycles. The van der Waals surface area contributed by atoms with Crippen molar-refractivity contribution in [1.82, 2.24) is 0 Å². The van der Waals surface area contributed by atoms with Crippen LogP contribution in [0.4, 0.5) is 5.69 Å². The van der Waals surface area contributed by atoms with Gasteiger partial charge in [-0.2, -0.15) is 0 Å². The van der Waals surface area contributed by atoms with E-state index in [9.17, 15) is 9.59 Å². The number of anilines is 1. The first-order valence-electron chi connectivity index (χ1n) is 5.24. The van der Waals surface area contributed by atoms with Crippen molar-refractivity contribution in [3.8, 4) is 11.3 Å². The maximum Gasteiger partial charge on any atom is 0.373 e. The standard InChI is InChI=1S/C13H11NO4/c1-17-13(16)12-7-6-11(18-12)9-4-2-3-5-10(9)14-8-15/h2-8H,1H3,(H,14,15). The molecule has 1 aromatic heterocycles. The zero-order chi connectivity index (χ0) is 13.0. The van der Waals surface area contributed by atoms with Gasteiger partial charge in [-0.3, -0.25) is 4.79 Å². The van der Waals surface area contributed by atoms with Crippen molar-refractivity contribution < 1.29 is 18.7 Å². The van der Waals surface area contributed by atoms with E-state index in [2.05, 4.69) is 10.1 Å². The average Bonchev–Trinajstić information content (AvgIpc) is 2.88. The lowest BCUT2D eigenvalue weighted by Gasteiger charge is -2.04. The lowest BCUT2D eigenvalue weighted by atomic mass is 10.1.